The number of morpholine rings is 1. The normalized spacial score (nSPS) is 16.1. The minimum atomic E-state index is -0.222. The van der Waals surface area contributed by atoms with E-state index in [-0.39, 0.29) is 11.9 Å². The molecule has 1 amide bonds. The summed E-state index contributed by atoms with van der Waals surface area (Å²) in [5.74, 6) is 0.0940. The van der Waals surface area contributed by atoms with E-state index < -0.39 is 0 Å². The van der Waals surface area contributed by atoms with Gasteiger partial charge in [0, 0.05) is 17.0 Å². The molecule has 1 atom stereocenters. The van der Waals surface area contributed by atoms with E-state index >= 15 is 0 Å². The fraction of sp³-hybridized carbons (Fsp3) is 0.333. The van der Waals surface area contributed by atoms with E-state index in [1.165, 1.54) is 27.2 Å². The number of carbonyl (C=O) groups is 1. The summed E-state index contributed by atoms with van der Waals surface area (Å²) in [6, 6.07) is 9.66. The first-order valence-electron chi connectivity index (χ1n) is 9.49. The van der Waals surface area contributed by atoms with Crippen LogP contribution < -0.4 is 15.2 Å². The number of pyridine rings is 1. The minimum absolute atomic E-state index is 0.0990. The van der Waals surface area contributed by atoms with Crippen LogP contribution in [0.2, 0.25) is 0 Å². The molecule has 0 bridgehead atoms. The van der Waals surface area contributed by atoms with Crippen LogP contribution in [0.3, 0.4) is 0 Å². The fourth-order valence-electron chi connectivity index (χ4n) is 3.75. The Morgan fingerprint density at radius 2 is 2.04 bits per heavy atom. The Morgan fingerprint density at radius 1 is 1.21 bits per heavy atom. The Labute approximate surface area is 168 Å². The number of H-pyrrole nitrogens is 1. The maximum absolute atomic E-state index is 12.7. The summed E-state index contributed by atoms with van der Waals surface area (Å²) in [4.78, 5) is 18.7. The number of nitrogens with one attached hydrogen (secondary N) is 3. The molecule has 7 heteroatoms. The lowest BCUT2D eigenvalue weighted by Gasteiger charge is -2.30. The van der Waals surface area contributed by atoms with Crippen molar-refractivity contribution in [3.05, 3.63) is 70.3 Å². The molecule has 1 aliphatic heterocycles. The largest absolute Gasteiger partial charge is 0.459 e. The molecule has 6 nitrogen and oxygen atoms in total. The van der Waals surface area contributed by atoms with Gasteiger partial charge in [0.05, 0.1) is 25.0 Å². The van der Waals surface area contributed by atoms with Gasteiger partial charge in [-0.05, 0) is 37.6 Å². The standard InChI is InChI=1S/C21H23N3O3S/c1-14-15(2)28-21(23-20(25)17-7-5-11-27-17)18(14)19(16-6-3-4-8-22-16)24-9-12-26-13-10-24/h3-8,11,19H,9-10,12-13H2,1-2H3,(H,23,25)/p+2. The van der Waals surface area contributed by atoms with Crippen molar-refractivity contribution < 1.29 is 23.8 Å². The van der Waals surface area contributed by atoms with Crippen molar-refractivity contribution in [1.29, 1.82) is 0 Å². The highest BCUT2D eigenvalue weighted by molar-refractivity contribution is 7.16. The predicted octanol–water partition coefficient (Wildman–Crippen LogP) is 2.03. The summed E-state index contributed by atoms with van der Waals surface area (Å²) < 4.78 is 10.9. The van der Waals surface area contributed by atoms with Crippen LogP contribution in [0.15, 0.2) is 47.2 Å². The highest BCUT2D eigenvalue weighted by atomic mass is 32.1. The number of aryl methyl sites for hydroxylation is 1. The quantitative estimate of drug-likeness (QED) is 0.690. The molecule has 0 saturated carbocycles. The lowest BCUT2D eigenvalue weighted by molar-refractivity contribution is -0.937. The smallest absolute Gasteiger partial charge is 0.291 e. The molecule has 3 N–H and O–H groups in total. The van der Waals surface area contributed by atoms with Gasteiger partial charge in [-0.15, -0.1) is 11.3 Å². The van der Waals surface area contributed by atoms with Gasteiger partial charge >= 0.3 is 0 Å². The fourth-order valence-corrected chi connectivity index (χ4v) is 4.84. The van der Waals surface area contributed by atoms with Crippen LogP contribution >= 0.6 is 11.3 Å². The number of aromatic nitrogens is 1. The Morgan fingerprint density at radius 3 is 2.71 bits per heavy atom. The van der Waals surface area contributed by atoms with Gasteiger partial charge in [-0.2, -0.15) is 0 Å². The minimum Gasteiger partial charge on any atom is -0.459 e. The van der Waals surface area contributed by atoms with Crippen LogP contribution in [0.25, 0.3) is 0 Å². The number of carbonyl (C=O) groups excluding carboxylic acids is 1. The molecule has 146 valence electrons. The molecule has 0 aromatic carbocycles. The first kappa shape index (κ1) is 18.9. The van der Waals surface area contributed by atoms with Crippen LogP contribution in [0.5, 0.6) is 0 Å². The SMILES string of the molecule is Cc1sc(NC(=O)c2ccco2)c(C(c2cccc[nH+]2)[NH+]2CCOCC2)c1C. The second-order valence-electron chi connectivity index (χ2n) is 6.98. The number of rotatable bonds is 5. The summed E-state index contributed by atoms with van der Waals surface area (Å²) in [7, 11) is 0. The summed E-state index contributed by atoms with van der Waals surface area (Å²) in [5, 5.41) is 3.98. The molecule has 1 saturated heterocycles. The summed E-state index contributed by atoms with van der Waals surface area (Å²) >= 11 is 1.62. The number of amides is 1. The van der Waals surface area contributed by atoms with Gasteiger partial charge in [0.15, 0.2) is 12.0 Å². The molecule has 3 aromatic heterocycles. The molecule has 1 fully saturated rings. The average Bonchev–Trinajstić information content (AvgIpc) is 3.35. The van der Waals surface area contributed by atoms with Crippen molar-refractivity contribution in [2.24, 2.45) is 0 Å². The maximum Gasteiger partial charge on any atom is 0.291 e. The summed E-state index contributed by atoms with van der Waals surface area (Å²) in [6.45, 7) is 7.58. The Bertz CT molecular complexity index is 931. The first-order chi connectivity index (χ1) is 13.6. The number of aromatic amines is 1. The third-order valence-corrected chi connectivity index (χ3v) is 6.42. The lowest BCUT2D eigenvalue weighted by atomic mass is 9.98. The van der Waals surface area contributed by atoms with Gasteiger partial charge in [0.2, 0.25) is 11.7 Å². The van der Waals surface area contributed by atoms with Crippen LogP contribution in [0.4, 0.5) is 5.00 Å². The zero-order valence-electron chi connectivity index (χ0n) is 16.1. The highest BCUT2D eigenvalue weighted by Gasteiger charge is 2.37. The molecule has 0 radical (unpaired) electrons. The molecule has 1 aliphatic rings. The lowest BCUT2D eigenvalue weighted by Crippen LogP contribution is -3.14. The van der Waals surface area contributed by atoms with Gasteiger partial charge in [-0.25, -0.2) is 4.98 Å². The van der Waals surface area contributed by atoms with Crippen molar-refractivity contribution in [3.8, 4) is 0 Å². The monoisotopic (exact) mass is 399 g/mol. The number of furan rings is 1. The topological polar surface area (TPSA) is 70.0 Å². The Balaban J connectivity index is 1.76. The number of ether oxygens (including phenoxy) is 1. The molecular formula is C21H25N3O3S+2. The van der Waals surface area contributed by atoms with Crippen LogP contribution in [-0.4, -0.2) is 32.2 Å². The van der Waals surface area contributed by atoms with Gasteiger partial charge in [0.25, 0.3) is 5.91 Å². The summed E-state index contributed by atoms with van der Waals surface area (Å²) in [5.41, 5.74) is 3.52. The van der Waals surface area contributed by atoms with Crippen molar-refractivity contribution >= 4 is 22.2 Å². The number of hydrogen-bond acceptors (Lipinski definition) is 4. The van der Waals surface area contributed by atoms with Crippen molar-refractivity contribution in [2.45, 2.75) is 19.9 Å². The Kier molecular flexibility index (Phi) is 5.57. The van der Waals surface area contributed by atoms with E-state index in [1.807, 2.05) is 18.3 Å². The van der Waals surface area contributed by atoms with E-state index in [1.54, 1.807) is 23.5 Å². The van der Waals surface area contributed by atoms with E-state index in [0.29, 0.717) is 5.76 Å². The molecule has 0 aliphatic carbocycles. The van der Waals surface area contributed by atoms with Gasteiger partial charge in [-0.1, -0.05) is 0 Å². The predicted molar refractivity (Wildman–Crippen MR) is 107 cm³/mol. The van der Waals surface area contributed by atoms with E-state index in [4.69, 9.17) is 9.15 Å². The molecule has 4 rings (SSSR count). The average molecular weight is 400 g/mol. The maximum atomic E-state index is 12.7. The van der Waals surface area contributed by atoms with Gasteiger partial charge in [0.1, 0.15) is 18.1 Å². The van der Waals surface area contributed by atoms with Gasteiger partial charge < -0.3 is 19.4 Å². The third kappa shape index (κ3) is 3.73. The van der Waals surface area contributed by atoms with Crippen molar-refractivity contribution in [3.63, 3.8) is 0 Å². The zero-order valence-corrected chi connectivity index (χ0v) is 16.9. The number of anilines is 1. The number of thiophene rings is 1. The van der Waals surface area contributed by atoms with Gasteiger partial charge in [-0.3, -0.25) is 4.79 Å². The third-order valence-electron chi connectivity index (χ3n) is 5.28. The van der Waals surface area contributed by atoms with E-state index in [9.17, 15) is 4.79 Å². The molecule has 0 spiro atoms. The zero-order chi connectivity index (χ0) is 19.5. The van der Waals surface area contributed by atoms with Crippen LogP contribution in [-0.2, 0) is 4.74 Å². The number of hydrogen-bond donors (Lipinski definition) is 2. The van der Waals surface area contributed by atoms with E-state index in [2.05, 4.69) is 30.2 Å². The summed E-state index contributed by atoms with van der Waals surface area (Å²) in [6.07, 6.45) is 3.47. The van der Waals surface area contributed by atoms with Crippen LogP contribution in [0, 0.1) is 13.8 Å². The molecule has 1 unspecified atom stereocenters. The first-order valence-corrected chi connectivity index (χ1v) is 10.3. The number of quaternary nitrogens is 1. The van der Waals surface area contributed by atoms with Crippen molar-refractivity contribution in [2.75, 3.05) is 31.6 Å². The Hall–Kier alpha value is -2.48. The second kappa shape index (κ2) is 8.26. The molecule has 28 heavy (non-hydrogen) atoms. The molecule has 3 aromatic rings. The molecular weight excluding hydrogens is 374 g/mol. The van der Waals surface area contributed by atoms with Crippen LogP contribution in [0.1, 0.15) is 38.3 Å². The second-order valence-corrected chi connectivity index (χ2v) is 8.20. The van der Waals surface area contributed by atoms with E-state index in [0.717, 1.165) is 37.0 Å². The molecule has 4 heterocycles. The highest BCUT2D eigenvalue weighted by Crippen LogP contribution is 2.37. The van der Waals surface area contributed by atoms with Crippen molar-refractivity contribution in [1.82, 2.24) is 0 Å².